The van der Waals surface area contributed by atoms with E-state index in [-0.39, 0.29) is 11.7 Å². The Kier molecular flexibility index (Phi) is 5.51. The third-order valence-corrected chi connectivity index (χ3v) is 5.14. The fourth-order valence-corrected chi connectivity index (χ4v) is 3.56. The molecule has 3 rings (SSSR count). The Bertz CT molecular complexity index is 1020. The van der Waals surface area contributed by atoms with E-state index in [0.29, 0.717) is 29.2 Å². The number of aromatic nitrogens is 3. The molecule has 140 valence electrons. The Balaban J connectivity index is 1.70. The zero-order valence-electron chi connectivity index (χ0n) is 14.7. The molecule has 27 heavy (non-hydrogen) atoms. The van der Waals surface area contributed by atoms with Crippen LogP contribution in [0.25, 0.3) is 5.82 Å². The van der Waals surface area contributed by atoms with Crippen molar-refractivity contribution in [3.05, 3.63) is 66.9 Å². The number of pyridine rings is 1. The molecule has 8 nitrogen and oxygen atoms in total. The Hall–Kier alpha value is -3.20. The number of sulfonamides is 1. The number of carbonyl (C=O) groups excluding carboxylic acids is 1. The first-order valence-corrected chi connectivity index (χ1v) is 9.98. The number of nitrogens with zero attached hydrogens (tertiary/aromatic N) is 3. The van der Waals surface area contributed by atoms with Crippen LogP contribution in [0.3, 0.4) is 0 Å². The number of rotatable bonds is 7. The predicted molar refractivity (Wildman–Crippen MR) is 103 cm³/mol. The predicted octanol–water partition coefficient (Wildman–Crippen LogP) is 2.67. The molecular formula is C18H19N5O3S. The van der Waals surface area contributed by atoms with Crippen LogP contribution in [0.4, 0.5) is 11.4 Å². The second-order valence-corrected chi connectivity index (χ2v) is 7.67. The van der Waals surface area contributed by atoms with Crippen molar-refractivity contribution in [3.8, 4) is 5.82 Å². The quantitative estimate of drug-likeness (QED) is 0.650. The zero-order chi connectivity index (χ0) is 19.3. The fraction of sp³-hybridized carbons (Fsp3) is 0.167. The lowest BCUT2D eigenvalue weighted by molar-refractivity contribution is 0.102. The Morgan fingerprint density at radius 2 is 2.04 bits per heavy atom. The lowest BCUT2D eigenvalue weighted by Gasteiger charge is -2.10. The number of hydrogen-bond donors (Lipinski definition) is 2. The first kappa shape index (κ1) is 18.6. The van der Waals surface area contributed by atoms with Crippen molar-refractivity contribution in [2.24, 2.45) is 0 Å². The number of amides is 1. The van der Waals surface area contributed by atoms with Gasteiger partial charge in [0, 0.05) is 23.6 Å². The van der Waals surface area contributed by atoms with E-state index >= 15 is 0 Å². The highest BCUT2D eigenvalue weighted by molar-refractivity contribution is 7.92. The Morgan fingerprint density at radius 3 is 2.70 bits per heavy atom. The summed E-state index contributed by atoms with van der Waals surface area (Å²) >= 11 is 0. The van der Waals surface area contributed by atoms with E-state index in [9.17, 15) is 13.2 Å². The number of hydrogen-bond acceptors (Lipinski definition) is 5. The summed E-state index contributed by atoms with van der Waals surface area (Å²) in [6.07, 6.45) is 7.11. The molecule has 1 aromatic carbocycles. The summed E-state index contributed by atoms with van der Waals surface area (Å²) in [5.41, 5.74) is 1.22. The van der Waals surface area contributed by atoms with Crippen LogP contribution in [-0.4, -0.2) is 34.6 Å². The molecule has 2 aromatic heterocycles. The lowest BCUT2D eigenvalue weighted by atomic mass is 10.2. The number of nitrogens with one attached hydrogen (secondary N) is 2. The molecule has 0 unspecified atom stereocenters. The molecule has 0 aliphatic carbocycles. The smallest absolute Gasteiger partial charge is 0.255 e. The van der Waals surface area contributed by atoms with Gasteiger partial charge in [-0.15, -0.1) is 0 Å². The van der Waals surface area contributed by atoms with Crippen molar-refractivity contribution in [2.75, 3.05) is 15.8 Å². The van der Waals surface area contributed by atoms with Crippen LogP contribution in [-0.2, 0) is 10.0 Å². The number of imidazole rings is 1. The van der Waals surface area contributed by atoms with Crippen molar-refractivity contribution in [1.82, 2.24) is 14.5 Å². The maximum Gasteiger partial charge on any atom is 0.255 e. The summed E-state index contributed by atoms with van der Waals surface area (Å²) < 4.78 is 28.0. The SMILES string of the molecule is CCCS(=O)(=O)Nc1cccc(C(=O)Nc2ccc(-n3ccnc3)nc2)c1. The Labute approximate surface area is 157 Å². The van der Waals surface area contributed by atoms with Gasteiger partial charge in [-0.05, 0) is 36.8 Å². The van der Waals surface area contributed by atoms with Crippen LogP contribution >= 0.6 is 0 Å². The topological polar surface area (TPSA) is 106 Å². The number of benzene rings is 1. The second kappa shape index (κ2) is 8.00. The van der Waals surface area contributed by atoms with Crippen molar-refractivity contribution >= 4 is 27.3 Å². The molecule has 2 N–H and O–H groups in total. The molecule has 3 aromatic rings. The van der Waals surface area contributed by atoms with E-state index in [2.05, 4.69) is 20.0 Å². The van der Waals surface area contributed by atoms with Crippen molar-refractivity contribution in [3.63, 3.8) is 0 Å². The summed E-state index contributed by atoms with van der Waals surface area (Å²) in [4.78, 5) is 20.7. The molecule has 1 amide bonds. The van der Waals surface area contributed by atoms with Crippen molar-refractivity contribution in [2.45, 2.75) is 13.3 Å². The molecule has 0 saturated heterocycles. The zero-order valence-corrected chi connectivity index (χ0v) is 15.5. The van der Waals surface area contributed by atoms with Gasteiger partial charge >= 0.3 is 0 Å². The first-order chi connectivity index (χ1) is 13.0. The summed E-state index contributed by atoms with van der Waals surface area (Å²) in [5.74, 6) is 0.347. The molecule has 0 spiro atoms. The summed E-state index contributed by atoms with van der Waals surface area (Å²) in [6.45, 7) is 1.79. The monoisotopic (exact) mass is 385 g/mol. The van der Waals surface area contributed by atoms with Gasteiger partial charge in [-0.25, -0.2) is 18.4 Å². The molecule has 0 fully saturated rings. The van der Waals surface area contributed by atoms with Crippen LogP contribution in [0.15, 0.2) is 61.3 Å². The van der Waals surface area contributed by atoms with Gasteiger partial charge in [-0.1, -0.05) is 13.0 Å². The molecule has 0 aliphatic heterocycles. The van der Waals surface area contributed by atoms with Gasteiger partial charge in [0.25, 0.3) is 5.91 Å². The molecule has 0 saturated carbocycles. The van der Waals surface area contributed by atoms with Gasteiger partial charge in [0.05, 0.1) is 17.6 Å². The highest BCUT2D eigenvalue weighted by Gasteiger charge is 2.12. The molecule has 0 radical (unpaired) electrons. The van der Waals surface area contributed by atoms with E-state index in [1.54, 1.807) is 66.7 Å². The largest absolute Gasteiger partial charge is 0.321 e. The molecular weight excluding hydrogens is 366 g/mol. The van der Waals surface area contributed by atoms with Gasteiger partial charge in [0.15, 0.2) is 0 Å². The van der Waals surface area contributed by atoms with E-state index in [0.717, 1.165) is 0 Å². The molecule has 2 heterocycles. The van der Waals surface area contributed by atoms with E-state index in [4.69, 9.17) is 0 Å². The molecule has 0 bridgehead atoms. The number of carbonyl (C=O) groups is 1. The standard InChI is InChI=1S/C18H19N5O3S/c1-2-10-27(25,26)22-15-5-3-4-14(11-15)18(24)21-16-6-7-17(20-12-16)23-9-8-19-13-23/h3-9,11-13,22H,2,10H2,1H3,(H,21,24). The fourth-order valence-electron chi connectivity index (χ4n) is 2.43. The number of anilines is 2. The van der Waals surface area contributed by atoms with Gasteiger partial charge in [0.1, 0.15) is 12.1 Å². The highest BCUT2D eigenvalue weighted by atomic mass is 32.2. The average molecular weight is 385 g/mol. The minimum absolute atomic E-state index is 0.0261. The summed E-state index contributed by atoms with van der Waals surface area (Å²) in [7, 11) is -3.41. The molecule has 0 aliphatic rings. The van der Waals surface area contributed by atoms with E-state index in [1.165, 1.54) is 6.07 Å². The first-order valence-electron chi connectivity index (χ1n) is 8.33. The van der Waals surface area contributed by atoms with Crippen LogP contribution in [0.1, 0.15) is 23.7 Å². The molecule has 9 heteroatoms. The highest BCUT2D eigenvalue weighted by Crippen LogP contribution is 2.15. The van der Waals surface area contributed by atoms with Gasteiger partial charge < -0.3 is 5.32 Å². The van der Waals surface area contributed by atoms with E-state index in [1.807, 2.05) is 0 Å². The van der Waals surface area contributed by atoms with Crippen molar-refractivity contribution < 1.29 is 13.2 Å². The second-order valence-electron chi connectivity index (χ2n) is 5.83. The van der Waals surface area contributed by atoms with E-state index < -0.39 is 10.0 Å². The van der Waals surface area contributed by atoms with Crippen LogP contribution in [0, 0.1) is 0 Å². The van der Waals surface area contributed by atoms with Gasteiger partial charge in [-0.3, -0.25) is 14.1 Å². The third kappa shape index (κ3) is 4.91. The van der Waals surface area contributed by atoms with Crippen LogP contribution in [0.2, 0.25) is 0 Å². The Morgan fingerprint density at radius 1 is 1.19 bits per heavy atom. The summed E-state index contributed by atoms with van der Waals surface area (Å²) in [6, 6.07) is 9.82. The third-order valence-electron chi connectivity index (χ3n) is 3.65. The van der Waals surface area contributed by atoms with Crippen LogP contribution < -0.4 is 10.0 Å². The average Bonchev–Trinajstić information content (AvgIpc) is 3.17. The van der Waals surface area contributed by atoms with Gasteiger partial charge in [-0.2, -0.15) is 0 Å². The van der Waals surface area contributed by atoms with Crippen molar-refractivity contribution in [1.29, 1.82) is 0 Å². The van der Waals surface area contributed by atoms with Crippen LogP contribution in [0.5, 0.6) is 0 Å². The summed E-state index contributed by atoms with van der Waals surface area (Å²) in [5, 5.41) is 2.74. The maximum atomic E-state index is 12.4. The maximum absolute atomic E-state index is 12.4. The van der Waals surface area contributed by atoms with Gasteiger partial charge in [0.2, 0.25) is 10.0 Å². The molecule has 0 atom stereocenters. The minimum Gasteiger partial charge on any atom is -0.321 e. The lowest BCUT2D eigenvalue weighted by Crippen LogP contribution is -2.17. The normalized spacial score (nSPS) is 11.1. The minimum atomic E-state index is -3.41.